The molecule has 0 bridgehead atoms. The molecule has 6 heteroatoms. The van der Waals surface area contributed by atoms with Crippen molar-refractivity contribution in [2.45, 2.75) is 26.4 Å². The Morgan fingerprint density at radius 1 is 1.00 bits per heavy atom. The fraction of sp³-hybridized carbons (Fsp3) is 0.172. The number of ketones is 1. The summed E-state index contributed by atoms with van der Waals surface area (Å²) in [4.78, 5) is 26.9. The maximum atomic E-state index is 13.7. The molecule has 0 aromatic heterocycles. The van der Waals surface area contributed by atoms with Gasteiger partial charge in [0.25, 0.3) is 0 Å². The second kappa shape index (κ2) is 9.55. The molecule has 35 heavy (non-hydrogen) atoms. The Balaban J connectivity index is 1.66. The van der Waals surface area contributed by atoms with Crippen molar-refractivity contribution < 1.29 is 19.1 Å². The first-order valence-electron chi connectivity index (χ1n) is 11.5. The van der Waals surface area contributed by atoms with Crippen LogP contribution in [-0.4, -0.2) is 18.4 Å². The monoisotopic (exact) mass is 529 g/mol. The number of ether oxygens (including phenoxy) is 2. The molecule has 0 saturated heterocycles. The van der Waals surface area contributed by atoms with Crippen molar-refractivity contribution in [3.8, 4) is 5.75 Å². The first-order valence-corrected chi connectivity index (χ1v) is 12.3. The summed E-state index contributed by atoms with van der Waals surface area (Å²) < 4.78 is 12.5. The van der Waals surface area contributed by atoms with E-state index >= 15 is 0 Å². The van der Waals surface area contributed by atoms with Crippen LogP contribution in [0.25, 0.3) is 5.70 Å². The molecule has 3 aromatic carbocycles. The molecule has 1 atom stereocenters. The maximum absolute atomic E-state index is 13.7. The normalized spacial score (nSPS) is 16.5. The Hall–Kier alpha value is -3.64. The van der Waals surface area contributed by atoms with E-state index in [0.29, 0.717) is 34.8 Å². The number of hydrogen-bond acceptors (Lipinski definition) is 5. The Kier molecular flexibility index (Phi) is 6.31. The lowest BCUT2D eigenvalue weighted by Gasteiger charge is -2.30. The molecule has 1 heterocycles. The highest BCUT2D eigenvalue weighted by Crippen LogP contribution is 2.49. The summed E-state index contributed by atoms with van der Waals surface area (Å²) >= 11 is 3.57. The van der Waals surface area contributed by atoms with Gasteiger partial charge in [0.2, 0.25) is 0 Å². The predicted molar refractivity (Wildman–Crippen MR) is 138 cm³/mol. The van der Waals surface area contributed by atoms with Gasteiger partial charge in [-0.15, -0.1) is 0 Å². The number of Topliss-reactive ketones (excluding diaryl/α,β-unsaturated/α-hetero) is 1. The molecular weight excluding hydrogens is 506 g/mol. The molecule has 3 aromatic rings. The summed E-state index contributed by atoms with van der Waals surface area (Å²) in [6.07, 6.45) is 0. The number of rotatable bonds is 6. The van der Waals surface area contributed by atoms with Crippen LogP contribution >= 0.6 is 15.9 Å². The lowest BCUT2D eigenvalue weighted by atomic mass is 9.79. The number of benzene rings is 3. The Bertz CT molecular complexity index is 1390. The molecule has 0 fully saturated rings. The Labute approximate surface area is 212 Å². The Morgan fingerprint density at radius 3 is 2.46 bits per heavy atom. The van der Waals surface area contributed by atoms with Crippen LogP contribution in [0.4, 0.5) is 0 Å². The summed E-state index contributed by atoms with van der Waals surface area (Å²) in [5.74, 6) is -0.592. The fourth-order valence-corrected chi connectivity index (χ4v) is 5.11. The Morgan fingerprint density at radius 2 is 1.71 bits per heavy atom. The van der Waals surface area contributed by atoms with E-state index in [0.717, 1.165) is 26.9 Å². The topological polar surface area (TPSA) is 64.6 Å². The molecule has 1 aliphatic carbocycles. The van der Waals surface area contributed by atoms with Crippen LogP contribution in [0.15, 0.2) is 94.1 Å². The van der Waals surface area contributed by atoms with Gasteiger partial charge in [0, 0.05) is 32.4 Å². The third kappa shape index (κ3) is 4.19. The van der Waals surface area contributed by atoms with Gasteiger partial charge >= 0.3 is 5.97 Å². The fourth-order valence-electron chi connectivity index (χ4n) is 4.73. The standard InChI is InChI=1S/C29H24BrNO4/c1-3-34-29(33)24-17(2)31-27-20-11-7-8-12-21(20)28(32)26(27)25(24)22-15-19(30)13-14-23(22)35-16-18-9-5-4-6-10-18/h4-15,25,31H,3,16H2,1-2H3/t25-/m1/s1. The number of nitrogens with one attached hydrogen (secondary N) is 1. The zero-order chi connectivity index (χ0) is 24.5. The van der Waals surface area contributed by atoms with Crippen molar-refractivity contribution in [3.05, 3.63) is 116 Å². The van der Waals surface area contributed by atoms with Crippen molar-refractivity contribution >= 4 is 33.4 Å². The van der Waals surface area contributed by atoms with E-state index in [2.05, 4.69) is 21.2 Å². The van der Waals surface area contributed by atoms with E-state index in [4.69, 9.17) is 9.47 Å². The van der Waals surface area contributed by atoms with Crippen molar-refractivity contribution in [1.29, 1.82) is 0 Å². The van der Waals surface area contributed by atoms with Crippen molar-refractivity contribution in [3.63, 3.8) is 0 Å². The van der Waals surface area contributed by atoms with E-state index in [9.17, 15) is 9.59 Å². The lowest BCUT2D eigenvalue weighted by Crippen LogP contribution is -2.29. The largest absolute Gasteiger partial charge is 0.489 e. The molecule has 5 nitrogen and oxygen atoms in total. The molecule has 0 spiro atoms. The average molecular weight is 530 g/mol. The number of halogens is 1. The number of esters is 1. The van der Waals surface area contributed by atoms with E-state index in [1.807, 2.05) is 79.7 Å². The summed E-state index contributed by atoms with van der Waals surface area (Å²) in [6.45, 7) is 4.21. The summed E-state index contributed by atoms with van der Waals surface area (Å²) in [5, 5.41) is 3.33. The predicted octanol–water partition coefficient (Wildman–Crippen LogP) is 6.16. The molecular formula is C29H24BrNO4. The van der Waals surface area contributed by atoms with Crippen molar-refractivity contribution in [2.75, 3.05) is 6.61 Å². The molecule has 176 valence electrons. The van der Waals surface area contributed by atoms with Crippen LogP contribution in [-0.2, 0) is 16.1 Å². The minimum absolute atomic E-state index is 0.101. The third-order valence-corrected chi connectivity index (χ3v) is 6.76. The number of fused-ring (bicyclic) bond motifs is 2. The zero-order valence-electron chi connectivity index (χ0n) is 19.4. The second-order valence-electron chi connectivity index (χ2n) is 8.44. The maximum Gasteiger partial charge on any atom is 0.336 e. The van der Waals surface area contributed by atoms with E-state index in [-0.39, 0.29) is 12.4 Å². The van der Waals surface area contributed by atoms with Gasteiger partial charge in [-0.25, -0.2) is 4.79 Å². The van der Waals surface area contributed by atoms with E-state index in [1.54, 1.807) is 6.92 Å². The van der Waals surface area contributed by atoms with Gasteiger partial charge in [-0.1, -0.05) is 70.5 Å². The van der Waals surface area contributed by atoms with Crippen LogP contribution in [0.5, 0.6) is 5.75 Å². The molecule has 2 aliphatic rings. The van der Waals surface area contributed by atoms with Gasteiger partial charge < -0.3 is 14.8 Å². The second-order valence-corrected chi connectivity index (χ2v) is 9.35. The summed E-state index contributed by atoms with van der Waals surface area (Å²) in [7, 11) is 0. The number of dihydropyridines is 1. The number of allylic oxidation sites excluding steroid dienone is 2. The molecule has 0 unspecified atom stereocenters. The van der Waals surface area contributed by atoms with Crippen LogP contribution in [0.3, 0.4) is 0 Å². The van der Waals surface area contributed by atoms with Crippen LogP contribution in [0.2, 0.25) is 0 Å². The van der Waals surface area contributed by atoms with Crippen molar-refractivity contribution in [2.24, 2.45) is 0 Å². The first kappa shape index (κ1) is 23.1. The molecule has 1 N–H and O–H groups in total. The molecule has 0 amide bonds. The van der Waals surface area contributed by atoms with Crippen LogP contribution < -0.4 is 10.1 Å². The summed E-state index contributed by atoms with van der Waals surface area (Å²) in [5.41, 5.74) is 5.54. The average Bonchev–Trinajstić information content (AvgIpc) is 3.14. The van der Waals surface area contributed by atoms with Crippen LogP contribution in [0, 0.1) is 0 Å². The van der Waals surface area contributed by atoms with Gasteiger partial charge in [-0.05, 0) is 37.6 Å². The van der Waals surface area contributed by atoms with Gasteiger partial charge in [0.1, 0.15) is 12.4 Å². The highest BCUT2D eigenvalue weighted by atomic mass is 79.9. The van der Waals surface area contributed by atoms with Gasteiger partial charge in [-0.3, -0.25) is 4.79 Å². The summed E-state index contributed by atoms with van der Waals surface area (Å²) in [6, 6.07) is 23.1. The van der Waals surface area contributed by atoms with Crippen molar-refractivity contribution in [1.82, 2.24) is 5.32 Å². The molecule has 0 saturated carbocycles. The number of hydrogen-bond donors (Lipinski definition) is 1. The van der Waals surface area contributed by atoms with Gasteiger partial charge in [0.05, 0.1) is 23.8 Å². The number of carbonyl (C=O) groups excluding carboxylic acids is 2. The lowest BCUT2D eigenvalue weighted by molar-refractivity contribution is -0.138. The minimum atomic E-state index is -0.645. The molecule has 0 radical (unpaired) electrons. The minimum Gasteiger partial charge on any atom is -0.489 e. The van der Waals surface area contributed by atoms with Gasteiger partial charge in [-0.2, -0.15) is 0 Å². The third-order valence-electron chi connectivity index (χ3n) is 6.26. The zero-order valence-corrected chi connectivity index (χ0v) is 21.0. The smallest absolute Gasteiger partial charge is 0.336 e. The first-order chi connectivity index (χ1) is 17.0. The highest BCUT2D eigenvalue weighted by molar-refractivity contribution is 9.10. The quantitative estimate of drug-likeness (QED) is 0.387. The van der Waals surface area contributed by atoms with Crippen LogP contribution in [0.1, 0.15) is 46.8 Å². The number of carbonyl (C=O) groups is 2. The highest BCUT2D eigenvalue weighted by Gasteiger charge is 2.44. The molecule has 1 aliphatic heterocycles. The van der Waals surface area contributed by atoms with Gasteiger partial charge in [0.15, 0.2) is 5.78 Å². The SMILES string of the molecule is CCOC(=O)C1=C(C)NC2=C(C(=O)c3ccccc32)[C@@H]1c1cc(Br)ccc1OCc1ccccc1. The molecule has 5 rings (SSSR count). The van der Waals surface area contributed by atoms with E-state index < -0.39 is 11.9 Å². The van der Waals surface area contributed by atoms with E-state index in [1.165, 1.54) is 0 Å².